The molecule has 1 N–H and O–H groups in total. The number of benzene rings is 1. The second-order valence-electron chi connectivity index (χ2n) is 4.70. The van der Waals surface area contributed by atoms with Crippen molar-refractivity contribution in [2.24, 2.45) is 5.92 Å². The highest BCUT2D eigenvalue weighted by Crippen LogP contribution is 2.20. The molecule has 2 unspecified atom stereocenters. The quantitative estimate of drug-likeness (QED) is 0.861. The molecule has 3 nitrogen and oxygen atoms in total. The third-order valence-corrected chi connectivity index (χ3v) is 3.27. The van der Waals surface area contributed by atoms with Crippen molar-refractivity contribution in [1.29, 1.82) is 0 Å². The van der Waals surface area contributed by atoms with Crippen LogP contribution < -0.4 is 10.1 Å². The summed E-state index contributed by atoms with van der Waals surface area (Å²) in [7, 11) is 0. The van der Waals surface area contributed by atoms with Crippen LogP contribution in [-0.2, 0) is 4.74 Å². The smallest absolute Gasteiger partial charge is 0.129 e. The summed E-state index contributed by atoms with van der Waals surface area (Å²) in [5, 5.41) is 3.33. The Morgan fingerprint density at radius 3 is 2.68 bits per heavy atom. The Labute approximate surface area is 111 Å². The molecule has 1 heterocycles. The molecule has 2 atom stereocenters. The van der Waals surface area contributed by atoms with Crippen LogP contribution in [0.1, 0.15) is 13.3 Å². The summed E-state index contributed by atoms with van der Waals surface area (Å²) in [6, 6.07) is 3.35. The standard InChI is InChI=1S/C14H19F2NO2/c1-2-17-14(10-3-4-18-8-10)9-19-13-6-11(15)5-12(16)7-13/h5-7,10,14,17H,2-4,8-9H2,1H3. The molecule has 0 saturated carbocycles. The molecule has 0 spiro atoms. The SMILES string of the molecule is CCNC(COc1cc(F)cc(F)c1)C1CCOC1. The van der Waals surface area contributed by atoms with E-state index in [0.29, 0.717) is 19.1 Å². The molecule has 5 heteroatoms. The maximum atomic E-state index is 13.0. The number of halogens is 2. The molecule has 19 heavy (non-hydrogen) atoms. The predicted octanol–water partition coefficient (Wildman–Crippen LogP) is 2.36. The second kappa shape index (κ2) is 6.82. The van der Waals surface area contributed by atoms with Gasteiger partial charge in [-0.05, 0) is 13.0 Å². The van der Waals surface area contributed by atoms with Gasteiger partial charge in [-0.2, -0.15) is 0 Å². The van der Waals surface area contributed by atoms with E-state index in [9.17, 15) is 8.78 Å². The molecule has 0 radical (unpaired) electrons. The van der Waals surface area contributed by atoms with Gasteiger partial charge in [0.25, 0.3) is 0 Å². The van der Waals surface area contributed by atoms with Crippen LogP contribution in [0.2, 0.25) is 0 Å². The van der Waals surface area contributed by atoms with Crippen molar-refractivity contribution in [2.75, 3.05) is 26.4 Å². The molecule has 0 aliphatic carbocycles. The molecule has 1 saturated heterocycles. The van der Waals surface area contributed by atoms with E-state index in [1.54, 1.807) is 0 Å². The molecule has 1 aromatic rings. The van der Waals surface area contributed by atoms with Crippen LogP contribution in [-0.4, -0.2) is 32.4 Å². The molecular formula is C14H19F2NO2. The van der Waals surface area contributed by atoms with Crippen LogP contribution in [0.5, 0.6) is 5.75 Å². The van der Waals surface area contributed by atoms with Gasteiger partial charge in [0, 0.05) is 36.8 Å². The highest BCUT2D eigenvalue weighted by atomic mass is 19.1. The van der Waals surface area contributed by atoms with E-state index >= 15 is 0 Å². The zero-order valence-electron chi connectivity index (χ0n) is 11.0. The van der Waals surface area contributed by atoms with Gasteiger partial charge < -0.3 is 14.8 Å². The van der Waals surface area contributed by atoms with Crippen LogP contribution in [0.15, 0.2) is 18.2 Å². The van der Waals surface area contributed by atoms with E-state index in [1.165, 1.54) is 12.1 Å². The molecule has 1 aliphatic heterocycles. The summed E-state index contributed by atoms with van der Waals surface area (Å²) in [5.74, 6) is -0.643. The fraction of sp³-hybridized carbons (Fsp3) is 0.571. The lowest BCUT2D eigenvalue weighted by Gasteiger charge is -2.23. The number of ether oxygens (including phenoxy) is 2. The van der Waals surface area contributed by atoms with Crippen LogP contribution in [0.3, 0.4) is 0 Å². The topological polar surface area (TPSA) is 30.5 Å². The number of hydrogen-bond donors (Lipinski definition) is 1. The zero-order chi connectivity index (χ0) is 13.7. The fourth-order valence-electron chi connectivity index (χ4n) is 2.29. The van der Waals surface area contributed by atoms with Crippen molar-refractivity contribution in [3.8, 4) is 5.75 Å². The largest absolute Gasteiger partial charge is 0.492 e. The average Bonchev–Trinajstić information content (AvgIpc) is 2.87. The van der Waals surface area contributed by atoms with Gasteiger partial charge in [0.05, 0.1) is 6.61 Å². The lowest BCUT2D eigenvalue weighted by atomic mass is 10.00. The first-order valence-electron chi connectivity index (χ1n) is 6.59. The van der Waals surface area contributed by atoms with E-state index in [-0.39, 0.29) is 11.8 Å². The van der Waals surface area contributed by atoms with Crippen molar-refractivity contribution >= 4 is 0 Å². The van der Waals surface area contributed by atoms with Gasteiger partial charge in [0.1, 0.15) is 24.0 Å². The normalized spacial score (nSPS) is 20.5. The van der Waals surface area contributed by atoms with Crippen molar-refractivity contribution in [1.82, 2.24) is 5.32 Å². The van der Waals surface area contributed by atoms with E-state index in [4.69, 9.17) is 9.47 Å². The summed E-state index contributed by atoms with van der Waals surface area (Å²) < 4.78 is 36.9. The molecule has 0 aromatic heterocycles. The van der Waals surface area contributed by atoms with Crippen LogP contribution in [0.4, 0.5) is 8.78 Å². The highest BCUT2D eigenvalue weighted by Gasteiger charge is 2.25. The predicted molar refractivity (Wildman–Crippen MR) is 68.2 cm³/mol. The molecule has 1 fully saturated rings. The van der Waals surface area contributed by atoms with Gasteiger partial charge in [-0.3, -0.25) is 0 Å². The Hall–Kier alpha value is -1.20. The number of rotatable bonds is 6. The maximum Gasteiger partial charge on any atom is 0.129 e. The first kappa shape index (κ1) is 14.2. The first-order valence-corrected chi connectivity index (χ1v) is 6.59. The van der Waals surface area contributed by atoms with Gasteiger partial charge >= 0.3 is 0 Å². The third kappa shape index (κ3) is 4.14. The Kier molecular flexibility index (Phi) is 5.10. The van der Waals surface area contributed by atoms with Crippen molar-refractivity contribution in [2.45, 2.75) is 19.4 Å². The first-order chi connectivity index (χ1) is 9.19. The molecule has 0 bridgehead atoms. The van der Waals surface area contributed by atoms with Gasteiger partial charge in [-0.15, -0.1) is 0 Å². The minimum Gasteiger partial charge on any atom is -0.492 e. The molecule has 1 aliphatic rings. The Balaban J connectivity index is 1.93. The van der Waals surface area contributed by atoms with Crippen LogP contribution in [0, 0.1) is 17.6 Å². The fourth-order valence-corrected chi connectivity index (χ4v) is 2.29. The lowest BCUT2D eigenvalue weighted by molar-refractivity contribution is 0.160. The number of nitrogens with one attached hydrogen (secondary N) is 1. The second-order valence-corrected chi connectivity index (χ2v) is 4.70. The lowest BCUT2D eigenvalue weighted by Crippen LogP contribution is -2.41. The molecule has 106 valence electrons. The van der Waals surface area contributed by atoms with Crippen molar-refractivity contribution < 1.29 is 18.3 Å². The van der Waals surface area contributed by atoms with Crippen molar-refractivity contribution in [3.05, 3.63) is 29.8 Å². The van der Waals surface area contributed by atoms with Gasteiger partial charge in [-0.25, -0.2) is 8.78 Å². The summed E-state index contributed by atoms with van der Waals surface area (Å²) in [4.78, 5) is 0. The molecule has 0 amide bonds. The highest BCUT2D eigenvalue weighted by molar-refractivity contribution is 5.23. The minimum atomic E-state index is -0.626. The number of likely N-dealkylation sites (N-methyl/N-ethyl adjacent to an activating group) is 1. The van der Waals surface area contributed by atoms with Crippen LogP contribution in [0.25, 0.3) is 0 Å². The van der Waals surface area contributed by atoms with Gasteiger partial charge in [0.2, 0.25) is 0 Å². The molecular weight excluding hydrogens is 252 g/mol. The van der Waals surface area contributed by atoms with E-state index < -0.39 is 11.6 Å². The minimum absolute atomic E-state index is 0.138. The Morgan fingerprint density at radius 2 is 2.11 bits per heavy atom. The van der Waals surface area contributed by atoms with E-state index in [1.807, 2.05) is 6.92 Å². The monoisotopic (exact) mass is 271 g/mol. The average molecular weight is 271 g/mol. The third-order valence-electron chi connectivity index (χ3n) is 3.27. The summed E-state index contributed by atoms with van der Waals surface area (Å²) in [5.41, 5.74) is 0. The number of hydrogen-bond acceptors (Lipinski definition) is 3. The Bertz CT molecular complexity index is 388. The van der Waals surface area contributed by atoms with Crippen LogP contribution >= 0.6 is 0 Å². The van der Waals surface area contributed by atoms with E-state index in [2.05, 4.69) is 5.32 Å². The maximum absolute atomic E-state index is 13.0. The van der Waals surface area contributed by atoms with E-state index in [0.717, 1.165) is 25.6 Å². The summed E-state index contributed by atoms with van der Waals surface area (Å²) in [6.07, 6.45) is 0.985. The van der Waals surface area contributed by atoms with Crippen molar-refractivity contribution in [3.63, 3.8) is 0 Å². The van der Waals surface area contributed by atoms with Gasteiger partial charge in [0.15, 0.2) is 0 Å². The summed E-state index contributed by atoms with van der Waals surface area (Å²) >= 11 is 0. The summed E-state index contributed by atoms with van der Waals surface area (Å²) in [6.45, 7) is 4.69. The molecule has 1 aromatic carbocycles. The zero-order valence-corrected chi connectivity index (χ0v) is 11.0. The molecule has 2 rings (SSSR count). The Morgan fingerprint density at radius 1 is 1.37 bits per heavy atom. The van der Waals surface area contributed by atoms with Gasteiger partial charge in [-0.1, -0.05) is 6.92 Å².